The minimum atomic E-state index is -3.88. The normalized spacial score (nSPS) is 11.4. The quantitative estimate of drug-likeness (QED) is 0.397. The lowest BCUT2D eigenvalue weighted by atomic mass is 10.2. The number of nitrogens with two attached hydrogens (primary N) is 2. The number of rotatable bonds is 6. The predicted octanol–water partition coefficient (Wildman–Crippen LogP) is 0.898. The van der Waals surface area contributed by atoms with E-state index in [-0.39, 0.29) is 5.75 Å². The van der Waals surface area contributed by atoms with E-state index in [4.69, 9.17) is 20.8 Å². The molecule has 0 aliphatic carbocycles. The first-order valence-corrected chi connectivity index (χ1v) is 6.72. The monoisotopic (exact) mass is 260 g/mol. The summed E-state index contributed by atoms with van der Waals surface area (Å²) in [7, 11) is -3.88. The van der Waals surface area contributed by atoms with E-state index in [1.165, 1.54) is 0 Å². The van der Waals surface area contributed by atoms with E-state index >= 15 is 0 Å². The van der Waals surface area contributed by atoms with Gasteiger partial charge in [-0.25, -0.2) is 0 Å². The van der Waals surface area contributed by atoms with E-state index < -0.39 is 10.1 Å². The fraction of sp³-hybridized carbons (Fsp3) is 0.400. The van der Waals surface area contributed by atoms with Gasteiger partial charge in [-0.15, -0.1) is 0 Å². The van der Waals surface area contributed by atoms with Crippen molar-refractivity contribution in [3.63, 3.8) is 0 Å². The molecular weight excluding hydrogens is 244 g/mol. The van der Waals surface area contributed by atoms with Gasteiger partial charge in [-0.1, -0.05) is 0 Å². The van der Waals surface area contributed by atoms with Crippen LogP contribution >= 0.6 is 0 Å². The Balaban J connectivity index is 2.34. The maximum atomic E-state index is 10.4. The molecule has 7 heteroatoms. The number of hydrogen-bond acceptors (Lipinski definition) is 5. The van der Waals surface area contributed by atoms with Gasteiger partial charge in [-0.05, 0) is 25.0 Å². The van der Waals surface area contributed by atoms with Gasteiger partial charge in [0.05, 0.1) is 18.0 Å². The van der Waals surface area contributed by atoms with Gasteiger partial charge in [-0.3, -0.25) is 4.55 Å². The van der Waals surface area contributed by atoms with E-state index in [0.717, 1.165) is 0 Å². The lowest BCUT2D eigenvalue weighted by Crippen LogP contribution is -2.06. The smallest absolute Gasteiger partial charge is 0.264 e. The summed E-state index contributed by atoms with van der Waals surface area (Å²) in [6, 6.07) is 4.92. The third-order valence-electron chi connectivity index (χ3n) is 2.09. The Morgan fingerprint density at radius 3 is 2.59 bits per heavy atom. The van der Waals surface area contributed by atoms with Crippen LogP contribution in [0.25, 0.3) is 0 Å². The second kappa shape index (κ2) is 5.74. The van der Waals surface area contributed by atoms with Crippen LogP contribution < -0.4 is 16.2 Å². The van der Waals surface area contributed by atoms with Gasteiger partial charge in [0.1, 0.15) is 5.75 Å². The van der Waals surface area contributed by atoms with Crippen molar-refractivity contribution in [2.24, 2.45) is 0 Å². The number of unbranched alkanes of at least 4 members (excludes halogenated alkanes) is 1. The molecule has 0 fully saturated rings. The molecule has 0 amide bonds. The second-order valence-corrected chi connectivity index (χ2v) is 5.21. The average Bonchev–Trinajstić information content (AvgIpc) is 2.21. The molecular formula is C10H16N2O4S. The zero-order valence-electron chi connectivity index (χ0n) is 9.30. The van der Waals surface area contributed by atoms with E-state index in [1.54, 1.807) is 18.2 Å². The molecule has 1 rings (SSSR count). The molecule has 0 saturated heterocycles. The minimum absolute atomic E-state index is 0.261. The summed E-state index contributed by atoms with van der Waals surface area (Å²) < 4.78 is 34.7. The van der Waals surface area contributed by atoms with E-state index in [2.05, 4.69) is 0 Å². The van der Waals surface area contributed by atoms with Crippen molar-refractivity contribution in [2.45, 2.75) is 12.8 Å². The third kappa shape index (κ3) is 5.41. The van der Waals surface area contributed by atoms with Crippen LogP contribution in [0.3, 0.4) is 0 Å². The van der Waals surface area contributed by atoms with Gasteiger partial charge in [0, 0.05) is 11.8 Å². The molecule has 1 aromatic carbocycles. The molecule has 0 heterocycles. The standard InChI is InChI=1S/C10H16N2O4S/c11-8-3-4-9(12)10(7-8)16-5-1-2-6-17(13,14)15/h3-4,7H,1-2,5-6,11-12H2,(H,13,14,15). The number of hydrogen-bond donors (Lipinski definition) is 3. The molecule has 96 valence electrons. The highest BCUT2D eigenvalue weighted by Crippen LogP contribution is 2.23. The molecule has 0 unspecified atom stereocenters. The van der Waals surface area contributed by atoms with Crippen molar-refractivity contribution >= 4 is 21.5 Å². The lowest BCUT2D eigenvalue weighted by Gasteiger charge is -2.09. The SMILES string of the molecule is Nc1ccc(N)c(OCCCCS(=O)(=O)O)c1. The Morgan fingerprint density at radius 2 is 1.94 bits per heavy atom. The van der Waals surface area contributed by atoms with Crippen LogP contribution in [0.1, 0.15) is 12.8 Å². The van der Waals surface area contributed by atoms with Crippen LogP contribution in [0.2, 0.25) is 0 Å². The summed E-state index contributed by atoms with van der Waals surface area (Å²) in [6.45, 7) is 0.323. The summed E-state index contributed by atoms with van der Waals surface area (Å²) in [5.74, 6) is 0.222. The molecule has 0 atom stereocenters. The Labute approximate surface area is 100 Å². The summed E-state index contributed by atoms with van der Waals surface area (Å²) in [5.41, 5.74) is 12.3. The summed E-state index contributed by atoms with van der Waals surface area (Å²) in [4.78, 5) is 0. The van der Waals surface area contributed by atoms with Crippen molar-refractivity contribution < 1.29 is 17.7 Å². The van der Waals surface area contributed by atoms with Crippen LogP contribution in [0.5, 0.6) is 5.75 Å². The summed E-state index contributed by atoms with van der Waals surface area (Å²) in [5, 5.41) is 0. The Hall–Kier alpha value is -1.47. The molecule has 0 radical (unpaired) electrons. The fourth-order valence-electron chi connectivity index (χ4n) is 1.24. The highest BCUT2D eigenvalue weighted by molar-refractivity contribution is 7.85. The van der Waals surface area contributed by atoms with Crippen LogP contribution in [0.15, 0.2) is 18.2 Å². The first-order valence-electron chi connectivity index (χ1n) is 5.11. The number of anilines is 2. The fourth-order valence-corrected chi connectivity index (χ4v) is 1.81. The number of nitrogen functional groups attached to an aromatic ring is 2. The van der Waals surface area contributed by atoms with Gasteiger partial charge in [0.15, 0.2) is 0 Å². The highest BCUT2D eigenvalue weighted by atomic mass is 32.2. The van der Waals surface area contributed by atoms with Crippen LogP contribution in [-0.4, -0.2) is 25.3 Å². The maximum absolute atomic E-state index is 10.4. The zero-order chi connectivity index (χ0) is 12.9. The second-order valence-electron chi connectivity index (χ2n) is 3.64. The van der Waals surface area contributed by atoms with Crippen molar-refractivity contribution in [1.82, 2.24) is 0 Å². The summed E-state index contributed by atoms with van der Waals surface area (Å²) >= 11 is 0. The minimum Gasteiger partial charge on any atom is -0.491 e. The molecule has 0 saturated carbocycles. The largest absolute Gasteiger partial charge is 0.491 e. The predicted molar refractivity (Wildman–Crippen MR) is 66.4 cm³/mol. The van der Waals surface area contributed by atoms with Crippen molar-refractivity contribution in [3.8, 4) is 5.75 Å². The first kappa shape index (κ1) is 13.6. The van der Waals surface area contributed by atoms with Crippen molar-refractivity contribution in [1.29, 1.82) is 0 Å². The number of ether oxygens (including phenoxy) is 1. The third-order valence-corrected chi connectivity index (χ3v) is 2.90. The van der Waals surface area contributed by atoms with E-state index in [9.17, 15) is 8.42 Å². The Kier molecular flexibility index (Phi) is 4.59. The van der Waals surface area contributed by atoms with Gasteiger partial charge < -0.3 is 16.2 Å². The molecule has 0 bridgehead atoms. The molecule has 6 nitrogen and oxygen atoms in total. The molecule has 17 heavy (non-hydrogen) atoms. The average molecular weight is 260 g/mol. The van der Waals surface area contributed by atoms with Crippen molar-refractivity contribution in [2.75, 3.05) is 23.8 Å². The topological polar surface area (TPSA) is 116 Å². The van der Waals surface area contributed by atoms with Crippen LogP contribution in [-0.2, 0) is 10.1 Å². The molecule has 0 aliphatic rings. The van der Waals surface area contributed by atoms with Crippen LogP contribution in [0, 0.1) is 0 Å². The van der Waals surface area contributed by atoms with Gasteiger partial charge in [-0.2, -0.15) is 8.42 Å². The first-order chi connectivity index (χ1) is 7.88. The van der Waals surface area contributed by atoms with Gasteiger partial charge >= 0.3 is 0 Å². The molecule has 5 N–H and O–H groups in total. The maximum Gasteiger partial charge on any atom is 0.264 e. The summed E-state index contributed by atoms with van der Waals surface area (Å²) in [6.07, 6.45) is 0.842. The highest BCUT2D eigenvalue weighted by Gasteiger charge is 2.04. The van der Waals surface area contributed by atoms with E-state index in [1.807, 2.05) is 0 Å². The van der Waals surface area contributed by atoms with Crippen LogP contribution in [0.4, 0.5) is 11.4 Å². The van der Waals surface area contributed by atoms with Gasteiger partial charge in [0.2, 0.25) is 0 Å². The molecule has 0 aromatic heterocycles. The van der Waals surface area contributed by atoms with E-state index in [0.29, 0.717) is 36.6 Å². The number of benzene rings is 1. The Morgan fingerprint density at radius 1 is 1.24 bits per heavy atom. The van der Waals surface area contributed by atoms with Crippen molar-refractivity contribution in [3.05, 3.63) is 18.2 Å². The zero-order valence-corrected chi connectivity index (χ0v) is 10.1. The Bertz CT molecular complexity index is 473. The van der Waals surface area contributed by atoms with Gasteiger partial charge in [0.25, 0.3) is 10.1 Å². The lowest BCUT2D eigenvalue weighted by molar-refractivity contribution is 0.311. The molecule has 1 aromatic rings. The molecule has 0 aliphatic heterocycles. The molecule has 0 spiro atoms.